The fraction of sp³-hybridized carbons (Fsp3) is 0.333. The number of anilines is 1. The van der Waals surface area contributed by atoms with Crippen LogP contribution >= 0.6 is 0 Å². The molecule has 0 aliphatic heterocycles. The Morgan fingerprint density at radius 1 is 1.00 bits per heavy atom. The molecule has 0 heterocycles. The molecule has 2 aromatic rings. The first-order valence-electron chi connectivity index (χ1n) is 8.82. The highest BCUT2D eigenvalue weighted by Crippen LogP contribution is 2.26. The lowest BCUT2D eigenvalue weighted by molar-refractivity contribution is -0.116. The van der Waals surface area contributed by atoms with Crippen molar-refractivity contribution in [3.05, 3.63) is 59.2 Å². The van der Waals surface area contributed by atoms with Crippen molar-refractivity contribution < 1.29 is 19.1 Å². The number of rotatable bonds is 8. The van der Waals surface area contributed by atoms with Gasteiger partial charge in [0.05, 0.1) is 24.5 Å². The second-order valence-electron chi connectivity index (χ2n) is 5.90. The van der Waals surface area contributed by atoms with Gasteiger partial charge in [0.15, 0.2) is 0 Å². The summed E-state index contributed by atoms with van der Waals surface area (Å²) in [5.74, 6) is -0.0529. The number of hydrogen-bond acceptors (Lipinski definition) is 4. The molecule has 5 heteroatoms. The quantitative estimate of drug-likeness (QED) is 0.723. The van der Waals surface area contributed by atoms with Crippen LogP contribution in [0.4, 0.5) is 5.69 Å². The third kappa shape index (κ3) is 5.62. The molecule has 0 aliphatic rings. The maximum atomic E-state index is 12.3. The minimum atomic E-state index is -0.411. The smallest absolute Gasteiger partial charge is 0.338 e. The van der Waals surface area contributed by atoms with E-state index in [0.29, 0.717) is 43.1 Å². The van der Waals surface area contributed by atoms with E-state index >= 15 is 0 Å². The summed E-state index contributed by atoms with van der Waals surface area (Å²) in [4.78, 5) is 24.1. The minimum Gasteiger partial charge on any atom is -0.492 e. The summed E-state index contributed by atoms with van der Waals surface area (Å²) in [5.41, 5.74) is 3.26. The number of aryl methyl sites for hydroxylation is 2. The molecule has 26 heavy (non-hydrogen) atoms. The van der Waals surface area contributed by atoms with E-state index in [1.54, 1.807) is 25.1 Å². The van der Waals surface area contributed by atoms with Gasteiger partial charge in [-0.2, -0.15) is 0 Å². The maximum absolute atomic E-state index is 12.3. The summed E-state index contributed by atoms with van der Waals surface area (Å²) < 4.78 is 10.6. The molecule has 0 aromatic heterocycles. The van der Waals surface area contributed by atoms with E-state index in [-0.39, 0.29) is 5.91 Å². The summed E-state index contributed by atoms with van der Waals surface area (Å²) >= 11 is 0. The number of hydrogen-bond donors (Lipinski definition) is 1. The lowest BCUT2D eigenvalue weighted by Gasteiger charge is -2.13. The minimum absolute atomic E-state index is 0.101. The zero-order valence-electron chi connectivity index (χ0n) is 15.5. The zero-order chi connectivity index (χ0) is 18.9. The fourth-order valence-corrected chi connectivity index (χ4v) is 2.47. The Hall–Kier alpha value is -2.82. The van der Waals surface area contributed by atoms with Gasteiger partial charge < -0.3 is 14.8 Å². The molecule has 0 spiro atoms. The van der Waals surface area contributed by atoms with Crippen LogP contribution in [0.25, 0.3) is 0 Å². The van der Waals surface area contributed by atoms with E-state index in [1.807, 2.05) is 38.1 Å². The molecule has 2 rings (SSSR count). The van der Waals surface area contributed by atoms with E-state index in [4.69, 9.17) is 9.47 Å². The molecule has 138 valence electrons. The van der Waals surface area contributed by atoms with Gasteiger partial charge in [-0.15, -0.1) is 0 Å². The lowest BCUT2D eigenvalue weighted by atomic mass is 10.1. The predicted octanol–water partition coefficient (Wildman–Crippen LogP) is 4.14. The van der Waals surface area contributed by atoms with Crippen molar-refractivity contribution in [3.8, 4) is 5.75 Å². The summed E-state index contributed by atoms with van der Waals surface area (Å²) in [7, 11) is 0. The number of amides is 1. The van der Waals surface area contributed by atoms with Crippen LogP contribution in [0.5, 0.6) is 5.75 Å². The van der Waals surface area contributed by atoms with E-state index < -0.39 is 5.97 Å². The van der Waals surface area contributed by atoms with Crippen molar-refractivity contribution >= 4 is 17.6 Å². The van der Waals surface area contributed by atoms with Gasteiger partial charge in [-0.05, 0) is 51.0 Å². The van der Waals surface area contributed by atoms with Crippen LogP contribution in [0.1, 0.15) is 41.8 Å². The number of ether oxygens (including phenoxy) is 2. The number of nitrogens with one attached hydrogen (secondary N) is 1. The van der Waals surface area contributed by atoms with Gasteiger partial charge in [-0.3, -0.25) is 4.79 Å². The molecule has 0 radical (unpaired) electrons. The van der Waals surface area contributed by atoms with Gasteiger partial charge in [-0.25, -0.2) is 4.79 Å². The van der Waals surface area contributed by atoms with Crippen LogP contribution in [-0.2, 0) is 16.0 Å². The second-order valence-corrected chi connectivity index (χ2v) is 5.90. The monoisotopic (exact) mass is 355 g/mol. The van der Waals surface area contributed by atoms with Crippen LogP contribution in [0.15, 0.2) is 42.5 Å². The first-order chi connectivity index (χ1) is 12.5. The summed E-state index contributed by atoms with van der Waals surface area (Å²) in [6.45, 7) is 6.37. The van der Waals surface area contributed by atoms with Crippen LogP contribution in [0.3, 0.4) is 0 Å². The number of esters is 1. The van der Waals surface area contributed by atoms with Gasteiger partial charge in [0, 0.05) is 6.42 Å². The molecule has 2 aromatic carbocycles. The molecule has 0 atom stereocenters. The number of carbonyl (C=O) groups is 2. The van der Waals surface area contributed by atoms with Crippen molar-refractivity contribution in [3.63, 3.8) is 0 Å². The molecule has 1 amide bonds. The van der Waals surface area contributed by atoms with Gasteiger partial charge in [0.1, 0.15) is 5.75 Å². The van der Waals surface area contributed by atoms with Crippen molar-refractivity contribution in [1.82, 2.24) is 0 Å². The first-order valence-corrected chi connectivity index (χ1v) is 8.82. The topological polar surface area (TPSA) is 64.6 Å². The Balaban J connectivity index is 2.03. The molecule has 0 saturated heterocycles. The van der Waals surface area contributed by atoms with Crippen molar-refractivity contribution in [2.45, 2.75) is 33.6 Å². The van der Waals surface area contributed by atoms with Gasteiger partial charge in [0.25, 0.3) is 0 Å². The molecule has 0 bridgehead atoms. The Morgan fingerprint density at radius 3 is 2.38 bits per heavy atom. The lowest BCUT2D eigenvalue weighted by Crippen LogP contribution is -2.14. The van der Waals surface area contributed by atoms with Gasteiger partial charge in [0.2, 0.25) is 5.91 Å². The molecule has 0 saturated carbocycles. The van der Waals surface area contributed by atoms with Crippen LogP contribution in [0.2, 0.25) is 0 Å². The Bertz CT molecular complexity index is 753. The SMILES string of the molecule is CCOC(=O)c1ccc(NC(=O)CCc2ccc(C)cc2)c(OCC)c1. The van der Waals surface area contributed by atoms with Crippen LogP contribution in [0, 0.1) is 6.92 Å². The van der Waals surface area contributed by atoms with Crippen LogP contribution < -0.4 is 10.1 Å². The van der Waals surface area contributed by atoms with Crippen molar-refractivity contribution in [2.24, 2.45) is 0 Å². The normalized spacial score (nSPS) is 10.3. The van der Waals surface area contributed by atoms with E-state index in [9.17, 15) is 9.59 Å². The summed E-state index contributed by atoms with van der Waals surface area (Å²) in [6, 6.07) is 13.0. The van der Waals surface area contributed by atoms with Crippen LogP contribution in [-0.4, -0.2) is 25.1 Å². The average molecular weight is 355 g/mol. The highest BCUT2D eigenvalue weighted by atomic mass is 16.5. The van der Waals surface area contributed by atoms with Crippen molar-refractivity contribution in [2.75, 3.05) is 18.5 Å². The highest BCUT2D eigenvalue weighted by Gasteiger charge is 2.13. The third-order valence-corrected chi connectivity index (χ3v) is 3.83. The fourth-order valence-electron chi connectivity index (χ4n) is 2.47. The Labute approximate surface area is 154 Å². The second kappa shape index (κ2) is 9.61. The number of carbonyl (C=O) groups excluding carboxylic acids is 2. The molecule has 5 nitrogen and oxygen atoms in total. The molecule has 1 N–H and O–H groups in total. The zero-order valence-corrected chi connectivity index (χ0v) is 15.5. The number of benzene rings is 2. The molecule has 0 aliphatic carbocycles. The summed E-state index contributed by atoms with van der Waals surface area (Å²) in [5, 5.41) is 2.86. The first kappa shape index (κ1) is 19.5. The van der Waals surface area contributed by atoms with E-state index in [0.717, 1.165) is 5.56 Å². The van der Waals surface area contributed by atoms with Crippen molar-refractivity contribution in [1.29, 1.82) is 0 Å². The standard InChI is InChI=1S/C21H25NO4/c1-4-25-19-14-17(21(24)26-5-2)11-12-18(19)22-20(23)13-10-16-8-6-15(3)7-9-16/h6-9,11-12,14H,4-5,10,13H2,1-3H3,(H,22,23). The predicted molar refractivity (Wildman–Crippen MR) is 102 cm³/mol. The largest absolute Gasteiger partial charge is 0.492 e. The molecule has 0 fully saturated rings. The Morgan fingerprint density at radius 2 is 1.73 bits per heavy atom. The molecule has 0 unspecified atom stereocenters. The third-order valence-electron chi connectivity index (χ3n) is 3.83. The highest BCUT2D eigenvalue weighted by molar-refractivity contribution is 5.95. The van der Waals surface area contributed by atoms with E-state index in [1.165, 1.54) is 5.56 Å². The molecular formula is C21H25NO4. The van der Waals surface area contributed by atoms with E-state index in [2.05, 4.69) is 5.32 Å². The van der Waals surface area contributed by atoms with Gasteiger partial charge >= 0.3 is 5.97 Å². The Kier molecular flexibility index (Phi) is 7.21. The molecular weight excluding hydrogens is 330 g/mol. The summed E-state index contributed by atoms with van der Waals surface area (Å²) in [6.07, 6.45) is 1.03. The average Bonchev–Trinajstić information content (AvgIpc) is 2.63. The van der Waals surface area contributed by atoms with Gasteiger partial charge in [-0.1, -0.05) is 29.8 Å². The maximum Gasteiger partial charge on any atom is 0.338 e.